The number of carbonyl (C=O) groups excluding carboxylic acids is 1. The maximum absolute atomic E-state index is 11.9. The smallest absolute Gasteiger partial charge is 0.336 e. The molecule has 0 saturated carbocycles. The van der Waals surface area contributed by atoms with Crippen molar-refractivity contribution in [3.8, 4) is 5.75 Å². The monoisotopic (exact) mass is 327 g/mol. The normalized spacial score (nSPS) is 10.8. The zero-order valence-electron chi connectivity index (χ0n) is 13.4. The zero-order valence-corrected chi connectivity index (χ0v) is 13.4. The highest BCUT2D eigenvalue weighted by molar-refractivity contribution is 5.91. The molecule has 0 bridgehead atoms. The Hall–Kier alpha value is -3.09. The van der Waals surface area contributed by atoms with Crippen LogP contribution < -0.4 is 15.7 Å². The number of nitrogens with zero attached hydrogens (tertiary/aromatic N) is 2. The quantitative estimate of drug-likeness (QED) is 0.725. The van der Waals surface area contributed by atoms with Gasteiger partial charge in [-0.2, -0.15) is 5.10 Å². The van der Waals surface area contributed by atoms with Gasteiger partial charge in [-0.15, -0.1) is 0 Å². The highest BCUT2D eigenvalue weighted by Gasteiger charge is 2.08. The molecular weight excluding hydrogens is 310 g/mol. The molecule has 1 amide bonds. The van der Waals surface area contributed by atoms with Crippen LogP contribution in [0, 0.1) is 0 Å². The molecule has 0 aliphatic carbocycles. The molecule has 0 aliphatic heterocycles. The standard InChI is InChI=1S/C17H17N3O4/c1-3-11-6-17(22)24-15-7-13(4-5-14(11)15)23-10-16(21)19-12-8-18-20(2)9-12/h4-9H,3,10H2,1-2H3,(H,19,21). The average Bonchev–Trinajstić information content (AvgIpc) is 2.96. The van der Waals surface area contributed by atoms with Crippen LogP contribution >= 0.6 is 0 Å². The molecule has 3 aromatic rings. The fourth-order valence-corrected chi connectivity index (χ4v) is 2.42. The van der Waals surface area contributed by atoms with Crippen molar-refractivity contribution in [3.63, 3.8) is 0 Å². The number of aryl methyl sites for hydroxylation is 2. The number of hydrogen-bond acceptors (Lipinski definition) is 5. The average molecular weight is 327 g/mol. The van der Waals surface area contributed by atoms with E-state index in [1.54, 1.807) is 36.3 Å². The molecule has 0 unspecified atom stereocenters. The van der Waals surface area contributed by atoms with Gasteiger partial charge in [0.25, 0.3) is 5.91 Å². The molecule has 7 nitrogen and oxygen atoms in total. The van der Waals surface area contributed by atoms with Gasteiger partial charge in [0.05, 0.1) is 11.9 Å². The Morgan fingerprint density at radius 3 is 2.92 bits per heavy atom. The van der Waals surface area contributed by atoms with Gasteiger partial charge in [0.15, 0.2) is 6.61 Å². The Morgan fingerprint density at radius 1 is 1.38 bits per heavy atom. The third kappa shape index (κ3) is 3.45. The number of aromatic nitrogens is 2. The first-order valence-corrected chi connectivity index (χ1v) is 7.53. The Kier molecular flexibility index (Phi) is 4.33. The van der Waals surface area contributed by atoms with E-state index >= 15 is 0 Å². The molecule has 7 heteroatoms. The lowest BCUT2D eigenvalue weighted by Gasteiger charge is -2.08. The summed E-state index contributed by atoms with van der Waals surface area (Å²) in [6, 6.07) is 6.68. The summed E-state index contributed by atoms with van der Waals surface area (Å²) in [4.78, 5) is 23.4. The lowest BCUT2D eigenvalue weighted by Crippen LogP contribution is -2.19. The number of nitrogens with one attached hydrogen (secondary N) is 1. The van der Waals surface area contributed by atoms with E-state index in [0.717, 1.165) is 17.4 Å². The van der Waals surface area contributed by atoms with Crippen LogP contribution in [0.15, 0.2) is 45.9 Å². The molecule has 0 fully saturated rings. The number of hydrogen-bond donors (Lipinski definition) is 1. The van der Waals surface area contributed by atoms with Crippen molar-refractivity contribution in [2.75, 3.05) is 11.9 Å². The predicted octanol–water partition coefficient (Wildman–Crippen LogP) is 2.11. The zero-order chi connectivity index (χ0) is 17.1. The minimum atomic E-state index is -0.397. The highest BCUT2D eigenvalue weighted by Crippen LogP contribution is 2.23. The number of carbonyl (C=O) groups is 1. The summed E-state index contributed by atoms with van der Waals surface area (Å²) in [7, 11) is 1.76. The summed E-state index contributed by atoms with van der Waals surface area (Å²) < 4.78 is 12.3. The summed E-state index contributed by atoms with van der Waals surface area (Å²) in [5, 5.41) is 7.51. The lowest BCUT2D eigenvalue weighted by atomic mass is 10.1. The number of benzene rings is 1. The van der Waals surface area contributed by atoms with Crippen molar-refractivity contribution in [1.29, 1.82) is 0 Å². The maximum Gasteiger partial charge on any atom is 0.336 e. The van der Waals surface area contributed by atoms with Gasteiger partial charge in [0.1, 0.15) is 11.3 Å². The third-order valence-electron chi connectivity index (χ3n) is 3.54. The summed E-state index contributed by atoms with van der Waals surface area (Å²) in [6.45, 7) is 1.82. The van der Waals surface area contributed by atoms with E-state index in [9.17, 15) is 9.59 Å². The topological polar surface area (TPSA) is 86.4 Å². The van der Waals surface area contributed by atoms with E-state index in [0.29, 0.717) is 17.0 Å². The SMILES string of the molecule is CCc1cc(=O)oc2cc(OCC(=O)Nc3cnn(C)c3)ccc12. The fraction of sp³-hybridized carbons (Fsp3) is 0.235. The lowest BCUT2D eigenvalue weighted by molar-refractivity contribution is -0.118. The number of anilines is 1. The molecule has 2 heterocycles. The van der Waals surface area contributed by atoms with Crippen LogP contribution in [0.25, 0.3) is 11.0 Å². The Morgan fingerprint density at radius 2 is 2.21 bits per heavy atom. The van der Waals surface area contributed by atoms with Crippen molar-refractivity contribution in [2.45, 2.75) is 13.3 Å². The molecular formula is C17H17N3O4. The van der Waals surface area contributed by atoms with Crippen LogP contribution in [0.2, 0.25) is 0 Å². The first-order valence-electron chi connectivity index (χ1n) is 7.53. The number of amides is 1. The Balaban J connectivity index is 1.71. The van der Waals surface area contributed by atoms with Gasteiger partial charge in [-0.1, -0.05) is 6.92 Å². The van der Waals surface area contributed by atoms with Crippen molar-refractivity contribution >= 4 is 22.6 Å². The predicted molar refractivity (Wildman–Crippen MR) is 89.2 cm³/mol. The third-order valence-corrected chi connectivity index (χ3v) is 3.54. The molecule has 0 atom stereocenters. The highest BCUT2D eigenvalue weighted by atomic mass is 16.5. The second-order valence-corrected chi connectivity index (χ2v) is 5.34. The molecule has 2 aromatic heterocycles. The van der Waals surface area contributed by atoms with Gasteiger partial charge in [-0.3, -0.25) is 9.48 Å². The second-order valence-electron chi connectivity index (χ2n) is 5.34. The molecule has 1 N–H and O–H groups in total. The molecule has 1 aromatic carbocycles. The maximum atomic E-state index is 11.9. The minimum absolute atomic E-state index is 0.155. The van der Waals surface area contributed by atoms with Crippen LogP contribution in [0.5, 0.6) is 5.75 Å². The van der Waals surface area contributed by atoms with Gasteiger partial charge in [-0.05, 0) is 24.1 Å². The van der Waals surface area contributed by atoms with Crippen molar-refractivity contribution in [3.05, 3.63) is 52.6 Å². The Bertz CT molecular complexity index is 942. The fourth-order valence-electron chi connectivity index (χ4n) is 2.42. The van der Waals surface area contributed by atoms with Crippen molar-refractivity contribution < 1.29 is 13.9 Å². The molecule has 0 saturated heterocycles. The number of ether oxygens (including phenoxy) is 1. The van der Waals surface area contributed by atoms with E-state index in [1.807, 2.05) is 13.0 Å². The summed E-state index contributed by atoms with van der Waals surface area (Å²) in [6.07, 6.45) is 3.97. The van der Waals surface area contributed by atoms with Gasteiger partial charge >= 0.3 is 5.63 Å². The molecule has 0 aliphatic rings. The molecule has 0 spiro atoms. The van der Waals surface area contributed by atoms with E-state index in [2.05, 4.69) is 10.4 Å². The van der Waals surface area contributed by atoms with Gasteiger partial charge in [0.2, 0.25) is 0 Å². The van der Waals surface area contributed by atoms with E-state index in [1.165, 1.54) is 6.07 Å². The van der Waals surface area contributed by atoms with Gasteiger partial charge in [-0.25, -0.2) is 4.79 Å². The van der Waals surface area contributed by atoms with E-state index in [4.69, 9.17) is 9.15 Å². The largest absolute Gasteiger partial charge is 0.484 e. The Labute approximate surface area is 137 Å². The van der Waals surface area contributed by atoms with Crippen LogP contribution in [-0.2, 0) is 18.3 Å². The van der Waals surface area contributed by atoms with Crippen LogP contribution in [0.1, 0.15) is 12.5 Å². The van der Waals surface area contributed by atoms with Crippen molar-refractivity contribution in [1.82, 2.24) is 9.78 Å². The molecule has 24 heavy (non-hydrogen) atoms. The van der Waals surface area contributed by atoms with Crippen molar-refractivity contribution in [2.24, 2.45) is 7.05 Å². The molecule has 3 rings (SSSR count). The first kappa shape index (κ1) is 15.8. The van der Waals surface area contributed by atoms with Gasteiger partial charge < -0.3 is 14.5 Å². The number of rotatable bonds is 5. The number of fused-ring (bicyclic) bond motifs is 1. The molecule has 0 radical (unpaired) electrons. The summed E-state index contributed by atoms with van der Waals surface area (Å²) in [5.74, 6) is 0.159. The van der Waals surface area contributed by atoms with Gasteiger partial charge in [0, 0.05) is 30.8 Å². The van der Waals surface area contributed by atoms with Crippen LogP contribution in [0.4, 0.5) is 5.69 Å². The summed E-state index contributed by atoms with van der Waals surface area (Å²) in [5.41, 5.74) is 1.57. The van der Waals surface area contributed by atoms with E-state index < -0.39 is 5.63 Å². The summed E-state index contributed by atoms with van der Waals surface area (Å²) >= 11 is 0. The van der Waals surface area contributed by atoms with Crippen LogP contribution in [-0.4, -0.2) is 22.3 Å². The van der Waals surface area contributed by atoms with Crippen LogP contribution in [0.3, 0.4) is 0 Å². The first-order chi connectivity index (χ1) is 11.5. The second kappa shape index (κ2) is 6.57. The van der Waals surface area contributed by atoms with E-state index in [-0.39, 0.29) is 12.5 Å². The molecule has 124 valence electrons. The minimum Gasteiger partial charge on any atom is -0.484 e.